The Balaban J connectivity index is 1.12. The molecule has 0 fully saturated rings. The average molecular weight is 813 g/mol. The third-order valence-corrected chi connectivity index (χ3v) is 20.2. The molecule has 4 heteroatoms. The number of hydrogen-bond acceptors (Lipinski definition) is 2. The summed E-state index contributed by atoms with van der Waals surface area (Å²) in [6, 6.07) is 62.4. The van der Waals surface area contributed by atoms with Gasteiger partial charge in [0.25, 0.3) is 0 Å². The van der Waals surface area contributed by atoms with E-state index in [4.69, 9.17) is 0 Å². The second-order valence-electron chi connectivity index (χ2n) is 17.9. The molecule has 0 saturated carbocycles. The molecule has 2 unspecified atom stereocenters. The van der Waals surface area contributed by atoms with E-state index in [1.54, 1.807) is 0 Å². The Kier molecular flexibility index (Phi) is 8.29. The van der Waals surface area contributed by atoms with Crippen molar-refractivity contribution in [1.82, 2.24) is 0 Å². The van der Waals surface area contributed by atoms with E-state index in [-0.39, 0.29) is 22.7 Å². The molecule has 0 aromatic heterocycles. The molecule has 0 heterocycles. The smallest absolute Gasteiger partial charge is 0.171 e. The number of rotatable bonds is 6. The van der Waals surface area contributed by atoms with E-state index >= 15 is 9.13 Å². The highest BCUT2D eigenvalue weighted by molar-refractivity contribution is 7.86. The Morgan fingerprint density at radius 2 is 0.950 bits per heavy atom. The van der Waals surface area contributed by atoms with Crippen LogP contribution in [0.1, 0.15) is 55.9 Å². The summed E-state index contributed by atoms with van der Waals surface area (Å²) in [6.07, 6.45) is 4.83. The summed E-state index contributed by atoms with van der Waals surface area (Å²) >= 11 is 0. The lowest BCUT2D eigenvalue weighted by molar-refractivity contribution is 0.343. The maximum atomic E-state index is 16.4. The Morgan fingerprint density at radius 3 is 1.48 bits per heavy atom. The van der Waals surface area contributed by atoms with Crippen molar-refractivity contribution in [3.05, 3.63) is 222 Å². The third-order valence-electron chi connectivity index (χ3n) is 14.1. The summed E-state index contributed by atoms with van der Waals surface area (Å²) < 4.78 is 32.1. The van der Waals surface area contributed by atoms with Crippen LogP contribution in [0.2, 0.25) is 0 Å². The highest BCUT2D eigenvalue weighted by atomic mass is 31.2. The zero-order valence-electron chi connectivity index (χ0n) is 34.3. The number of hydrogen-bond donors (Lipinski definition) is 0. The lowest BCUT2D eigenvalue weighted by atomic mass is 9.63. The molecule has 8 aromatic carbocycles. The SMILES string of the molecule is CC1(C)C2=C(C=CC3c4c(cc(P(=O)(c5ccccc5)c5ccccc5)c5cc6ccccc6cc45)C(C)(C)C23)c2ccc(P(=O)(c3ccccc3)c3ccccc3)cc21. The zero-order valence-corrected chi connectivity index (χ0v) is 36.1. The average Bonchev–Trinajstić information content (AvgIpc) is 3.67. The molecule has 3 aliphatic rings. The minimum Gasteiger partial charge on any atom is -0.309 e. The molecule has 8 aromatic rings. The van der Waals surface area contributed by atoms with Gasteiger partial charge in [-0.05, 0) is 84.6 Å². The molecule has 2 nitrogen and oxygen atoms in total. The van der Waals surface area contributed by atoms with Crippen LogP contribution in [0.15, 0.2) is 200 Å². The van der Waals surface area contributed by atoms with Crippen LogP contribution in [0, 0.1) is 5.92 Å². The van der Waals surface area contributed by atoms with Gasteiger partial charge in [0.2, 0.25) is 0 Å². The Labute approximate surface area is 353 Å². The number of allylic oxidation sites excluding steroid dienone is 4. The first-order valence-corrected chi connectivity index (χ1v) is 24.5. The molecule has 0 saturated heterocycles. The molecule has 0 amide bonds. The van der Waals surface area contributed by atoms with Crippen LogP contribution in [0.3, 0.4) is 0 Å². The van der Waals surface area contributed by atoms with Gasteiger partial charge >= 0.3 is 0 Å². The van der Waals surface area contributed by atoms with Crippen molar-refractivity contribution < 1.29 is 9.13 Å². The molecule has 0 aliphatic heterocycles. The summed E-state index contributed by atoms with van der Waals surface area (Å²) in [4.78, 5) is 0. The van der Waals surface area contributed by atoms with Crippen LogP contribution in [-0.2, 0) is 20.0 Å². The van der Waals surface area contributed by atoms with E-state index in [1.807, 2.05) is 121 Å². The van der Waals surface area contributed by atoms with Gasteiger partial charge in [0, 0.05) is 49.1 Å². The lowest BCUT2D eigenvalue weighted by Gasteiger charge is -2.40. The van der Waals surface area contributed by atoms with Gasteiger partial charge in [0.05, 0.1) is 0 Å². The molecule has 11 rings (SSSR count). The number of fused-ring (bicyclic) bond motifs is 9. The third kappa shape index (κ3) is 5.14. The first kappa shape index (κ1) is 37.2. The van der Waals surface area contributed by atoms with Gasteiger partial charge in [-0.25, -0.2) is 0 Å². The summed E-state index contributed by atoms with van der Waals surface area (Å²) in [5.41, 5.74) is 7.12. The van der Waals surface area contributed by atoms with Crippen LogP contribution in [0.25, 0.3) is 27.1 Å². The van der Waals surface area contributed by atoms with Gasteiger partial charge < -0.3 is 9.13 Å². The topological polar surface area (TPSA) is 34.1 Å². The molecule has 0 N–H and O–H groups in total. The maximum Gasteiger partial charge on any atom is 0.171 e. The largest absolute Gasteiger partial charge is 0.309 e. The monoisotopic (exact) mass is 812 g/mol. The van der Waals surface area contributed by atoms with Crippen molar-refractivity contribution in [2.24, 2.45) is 5.92 Å². The fraction of sp³-hybridized carbons (Fsp3) is 0.143. The van der Waals surface area contributed by atoms with Gasteiger partial charge in [-0.3, -0.25) is 0 Å². The predicted octanol–water partition coefficient (Wildman–Crippen LogP) is 11.6. The fourth-order valence-electron chi connectivity index (χ4n) is 11.3. The first-order chi connectivity index (χ1) is 29.0. The summed E-state index contributed by atoms with van der Waals surface area (Å²) in [7, 11) is -6.54. The van der Waals surface area contributed by atoms with Crippen molar-refractivity contribution >= 4 is 73.2 Å². The van der Waals surface area contributed by atoms with E-state index in [9.17, 15) is 0 Å². The molecule has 2 atom stereocenters. The Bertz CT molecular complexity index is 3110. The quantitative estimate of drug-likeness (QED) is 0.124. The van der Waals surface area contributed by atoms with Crippen LogP contribution >= 0.6 is 14.3 Å². The van der Waals surface area contributed by atoms with Crippen LogP contribution in [0.4, 0.5) is 0 Å². The zero-order chi connectivity index (χ0) is 41.0. The summed E-state index contributed by atoms with van der Waals surface area (Å²) in [6.45, 7) is 9.57. The normalized spacial score (nSPS) is 18.6. The Hall–Kier alpha value is -5.78. The van der Waals surface area contributed by atoms with Gasteiger partial charge in [-0.2, -0.15) is 0 Å². The van der Waals surface area contributed by atoms with Gasteiger partial charge in [-0.15, -0.1) is 0 Å². The highest BCUT2D eigenvalue weighted by Gasteiger charge is 2.55. The van der Waals surface area contributed by atoms with E-state index in [1.165, 1.54) is 44.2 Å². The Morgan fingerprint density at radius 1 is 0.467 bits per heavy atom. The fourth-order valence-corrected chi connectivity index (χ4v) is 16.8. The van der Waals surface area contributed by atoms with Crippen LogP contribution < -0.4 is 31.8 Å². The molecule has 0 spiro atoms. The van der Waals surface area contributed by atoms with E-state index in [0.717, 1.165) is 42.6 Å². The first-order valence-electron chi connectivity index (χ1n) is 21.1. The van der Waals surface area contributed by atoms with Crippen molar-refractivity contribution in [3.63, 3.8) is 0 Å². The summed E-state index contributed by atoms with van der Waals surface area (Å²) in [5.74, 6) is 0.262. The molecule has 0 bridgehead atoms. The maximum absolute atomic E-state index is 16.4. The second-order valence-corrected chi connectivity index (χ2v) is 23.4. The van der Waals surface area contributed by atoms with Crippen molar-refractivity contribution in [2.75, 3.05) is 0 Å². The van der Waals surface area contributed by atoms with Gasteiger partial charge in [-0.1, -0.05) is 198 Å². The van der Waals surface area contributed by atoms with Crippen LogP contribution in [0.5, 0.6) is 0 Å². The molecular formula is C56H46O2P2. The van der Waals surface area contributed by atoms with Gasteiger partial charge in [0.15, 0.2) is 14.3 Å². The minimum atomic E-state index is -3.35. The van der Waals surface area contributed by atoms with Crippen molar-refractivity contribution in [2.45, 2.75) is 44.4 Å². The number of benzene rings is 8. The van der Waals surface area contributed by atoms with E-state index < -0.39 is 14.3 Å². The minimum absolute atomic E-state index is 0.118. The molecule has 0 radical (unpaired) electrons. The summed E-state index contributed by atoms with van der Waals surface area (Å²) in [5, 5.41) is 9.71. The lowest BCUT2D eigenvalue weighted by Crippen LogP contribution is -2.35. The second kappa shape index (κ2) is 13.4. The molecule has 292 valence electrons. The van der Waals surface area contributed by atoms with Crippen molar-refractivity contribution in [1.29, 1.82) is 0 Å². The van der Waals surface area contributed by atoms with Crippen molar-refractivity contribution in [3.8, 4) is 0 Å². The standard InChI is InChI=1S/C56H46O2P2/c1-55(2)49-35-43(59(57,39-21-9-5-10-22-39)40-23-11-6-12-24-40)29-30-44(49)45-31-32-46-52-48-34-38-20-18-17-19-37(38)33-47(48)51(36-50(52)56(3,4)54(46)53(45)55)60(58,41-25-13-7-14-26-41)42-27-15-8-16-28-42/h5-36,46,54H,1-4H3. The van der Waals surface area contributed by atoms with Crippen LogP contribution in [-0.4, -0.2) is 0 Å². The van der Waals surface area contributed by atoms with E-state index in [0.29, 0.717) is 0 Å². The molecular weight excluding hydrogens is 767 g/mol. The van der Waals surface area contributed by atoms with Gasteiger partial charge in [0.1, 0.15) is 0 Å². The van der Waals surface area contributed by atoms with E-state index in [2.05, 4.69) is 101 Å². The molecule has 3 aliphatic carbocycles. The highest BCUT2D eigenvalue weighted by Crippen LogP contribution is 2.65. The molecule has 60 heavy (non-hydrogen) atoms. The predicted molar refractivity (Wildman–Crippen MR) is 255 cm³/mol.